The van der Waals surface area contributed by atoms with Crippen molar-refractivity contribution in [2.45, 2.75) is 12.6 Å². The topological polar surface area (TPSA) is 98.4 Å². The summed E-state index contributed by atoms with van der Waals surface area (Å²) in [6.45, 7) is 0.131. The average molecular weight is 433 g/mol. The minimum absolute atomic E-state index is 0.0371. The Hall–Kier alpha value is -4.20. The van der Waals surface area contributed by atoms with Gasteiger partial charge in [0.1, 0.15) is 17.3 Å². The zero-order valence-corrected chi connectivity index (χ0v) is 17.1. The molecule has 1 N–H and O–H groups in total. The molecule has 3 aromatic rings. The third-order valence-electron chi connectivity index (χ3n) is 5.53. The Bertz CT molecular complexity index is 1230. The second-order valence-electron chi connectivity index (χ2n) is 7.32. The summed E-state index contributed by atoms with van der Waals surface area (Å²) in [6, 6.07) is 14.5. The third-order valence-corrected chi connectivity index (χ3v) is 5.53. The summed E-state index contributed by atoms with van der Waals surface area (Å²) in [5.74, 6) is 0.158. The van der Waals surface area contributed by atoms with Crippen LogP contribution >= 0.6 is 0 Å². The molecule has 1 amide bonds. The van der Waals surface area contributed by atoms with Crippen molar-refractivity contribution >= 4 is 17.4 Å². The van der Waals surface area contributed by atoms with Crippen LogP contribution in [-0.4, -0.2) is 35.6 Å². The maximum Gasteiger partial charge on any atom is 0.296 e. The largest absolute Gasteiger partial charge is 0.507 e. The highest BCUT2D eigenvalue weighted by Crippen LogP contribution is 2.44. The molecule has 0 bridgehead atoms. The molecule has 5 rings (SSSR count). The molecule has 0 aliphatic carbocycles. The predicted molar refractivity (Wildman–Crippen MR) is 112 cm³/mol. The first-order chi connectivity index (χ1) is 15.6. The molecule has 1 fully saturated rings. The molecule has 0 spiro atoms. The van der Waals surface area contributed by atoms with Gasteiger partial charge in [-0.3, -0.25) is 9.59 Å². The smallest absolute Gasteiger partial charge is 0.296 e. The van der Waals surface area contributed by atoms with Gasteiger partial charge in [-0.1, -0.05) is 18.2 Å². The molecule has 32 heavy (non-hydrogen) atoms. The van der Waals surface area contributed by atoms with Crippen molar-refractivity contribution in [1.29, 1.82) is 0 Å². The van der Waals surface area contributed by atoms with Gasteiger partial charge in [-0.05, 0) is 36.4 Å². The van der Waals surface area contributed by atoms with Crippen LogP contribution in [-0.2, 0) is 16.1 Å². The number of aliphatic hydroxyl groups is 1. The second-order valence-corrected chi connectivity index (χ2v) is 7.32. The molecular weight excluding hydrogens is 414 g/mol. The van der Waals surface area contributed by atoms with Gasteiger partial charge in [0.2, 0.25) is 6.79 Å². The number of furan rings is 1. The molecule has 8 nitrogen and oxygen atoms in total. The summed E-state index contributed by atoms with van der Waals surface area (Å²) in [5, 5.41) is 11.2. The number of amides is 1. The van der Waals surface area contributed by atoms with E-state index in [1.54, 1.807) is 54.6 Å². The molecule has 3 heterocycles. The van der Waals surface area contributed by atoms with Gasteiger partial charge in [0.05, 0.1) is 31.5 Å². The number of benzene rings is 2. The van der Waals surface area contributed by atoms with E-state index in [2.05, 4.69) is 0 Å². The van der Waals surface area contributed by atoms with Crippen molar-refractivity contribution < 1.29 is 33.3 Å². The fourth-order valence-corrected chi connectivity index (χ4v) is 4.03. The Morgan fingerprint density at radius 3 is 2.69 bits per heavy atom. The van der Waals surface area contributed by atoms with E-state index in [4.69, 9.17) is 18.6 Å². The quantitative estimate of drug-likeness (QED) is 0.373. The SMILES string of the molecule is COc1ccccc1C1/C(=C(\O)c2ccc3c(c2)OCO3)C(=O)C(=O)N1Cc1ccco1. The molecule has 2 aromatic carbocycles. The highest BCUT2D eigenvalue weighted by Gasteiger charge is 2.47. The number of aliphatic hydroxyl groups excluding tert-OH is 1. The Kier molecular flexibility index (Phi) is 4.82. The van der Waals surface area contributed by atoms with Gasteiger partial charge in [-0.25, -0.2) is 0 Å². The molecule has 1 aromatic heterocycles. The van der Waals surface area contributed by atoms with E-state index < -0.39 is 17.7 Å². The molecule has 162 valence electrons. The Morgan fingerprint density at radius 1 is 1.09 bits per heavy atom. The lowest BCUT2D eigenvalue weighted by Gasteiger charge is -2.25. The summed E-state index contributed by atoms with van der Waals surface area (Å²) in [7, 11) is 1.51. The van der Waals surface area contributed by atoms with E-state index in [-0.39, 0.29) is 24.7 Å². The van der Waals surface area contributed by atoms with Crippen LogP contribution in [0.15, 0.2) is 70.9 Å². The fourth-order valence-electron chi connectivity index (χ4n) is 4.03. The number of Topliss-reactive ketones (excluding diaryl/α,β-unsaturated/α-hetero) is 1. The molecule has 1 unspecified atom stereocenters. The average Bonchev–Trinajstić information content (AvgIpc) is 3.55. The number of para-hydroxylation sites is 1. The second kappa shape index (κ2) is 7.81. The van der Waals surface area contributed by atoms with Gasteiger partial charge < -0.3 is 28.6 Å². The van der Waals surface area contributed by atoms with Crippen LogP contribution in [0.25, 0.3) is 5.76 Å². The molecule has 2 aliphatic heterocycles. The summed E-state index contributed by atoms with van der Waals surface area (Å²) < 4.78 is 21.6. The highest BCUT2D eigenvalue weighted by molar-refractivity contribution is 6.46. The van der Waals surface area contributed by atoms with Gasteiger partial charge in [0.25, 0.3) is 11.7 Å². The first kappa shape index (κ1) is 19.7. The third kappa shape index (κ3) is 3.17. The predicted octanol–water partition coefficient (Wildman–Crippen LogP) is 3.64. The monoisotopic (exact) mass is 433 g/mol. The van der Waals surface area contributed by atoms with Crippen LogP contribution in [0.5, 0.6) is 17.2 Å². The van der Waals surface area contributed by atoms with Gasteiger partial charge in [0, 0.05) is 11.1 Å². The highest BCUT2D eigenvalue weighted by atomic mass is 16.7. The number of nitrogens with zero attached hydrogens (tertiary/aromatic N) is 1. The number of carbonyl (C=O) groups is 2. The van der Waals surface area contributed by atoms with Crippen molar-refractivity contribution in [2.24, 2.45) is 0 Å². The zero-order chi connectivity index (χ0) is 22.2. The van der Waals surface area contributed by atoms with Crippen LogP contribution in [0.4, 0.5) is 0 Å². The molecule has 1 saturated heterocycles. The first-order valence-electron chi connectivity index (χ1n) is 9.92. The number of hydrogen-bond acceptors (Lipinski definition) is 7. The zero-order valence-electron chi connectivity index (χ0n) is 17.1. The number of fused-ring (bicyclic) bond motifs is 1. The maximum atomic E-state index is 13.1. The van der Waals surface area contributed by atoms with Crippen molar-refractivity contribution in [3.05, 3.63) is 83.3 Å². The molecule has 0 saturated carbocycles. The van der Waals surface area contributed by atoms with Crippen LogP contribution < -0.4 is 14.2 Å². The van der Waals surface area contributed by atoms with E-state index >= 15 is 0 Å². The van der Waals surface area contributed by atoms with E-state index in [0.29, 0.717) is 34.1 Å². The lowest BCUT2D eigenvalue weighted by atomic mass is 9.94. The Balaban J connectivity index is 1.67. The molecule has 1 atom stereocenters. The number of likely N-dealkylation sites (tertiary alicyclic amines) is 1. The van der Waals surface area contributed by atoms with Gasteiger partial charge in [-0.2, -0.15) is 0 Å². The van der Waals surface area contributed by atoms with E-state index in [9.17, 15) is 14.7 Å². The first-order valence-corrected chi connectivity index (χ1v) is 9.92. The minimum Gasteiger partial charge on any atom is -0.507 e. The summed E-state index contributed by atoms with van der Waals surface area (Å²) in [6.07, 6.45) is 1.50. The Labute approximate surface area is 183 Å². The minimum atomic E-state index is -0.873. The van der Waals surface area contributed by atoms with Crippen LogP contribution in [0.1, 0.15) is 22.9 Å². The van der Waals surface area contributed by atoms with Crippen molar-refractivity contribution in [3.8, 4) is 17.2 Å². The van der Waals surface area contributed by atoms with Crippen molar-refractivity contribution in [3.63, 3.8) is 0 Å². The maximum absolute atomic E-state index is 13.1. The van der Waals surface area contributed by atoms with Crippen molar-refractivity contribution in [2.75, 3.05) is 13.9 Å². The number of rotatable bonds is 5. The lowest BCUT2D eigenvalue weighted by Crippen LogP contribution is -2.29. The Morgan fingerprint density at radius 2 is 1.91 bits per heavy atom. The summed E-state index contributed by atoms with van der Waals surface area (Å²) >= 11 is 0. The van der Waals surface area contributed by atoms with Crippen LogP contribution in [0.2, 0.25) is 0 Å². The lowest BCUT2D eigenvalue weighted by molar-refractivity contribution is -0.140. The number of carbonyl (C=O) groups excluding carboxylic acids is 2. The summed E-state index contributed by atoms with van der Waals surface area (Å²) in [4.78, 5) is 27.6. The van der Waals surface area contributed by atoms with E-state index in [1.807, 2.05) is 0 Å². The summed E-state index contributed by atoms with van der Waals surface area (Å²) in [5.41, 5.74) is 0.873. The number of methoxy groups -OCH3 is 1. The normalized spacial score (nSPS) is 18.9. The van der Waals surface area contributed by atoms with Crippen molar-refractivity contribution in [1.82, 2.24) is 4.90 Å². The molecular formula is C24H19NO7. The van der Waals surface area contributed by atoms with Crippen LogP contribution in [0, 0.1) is 0 Å². The number of ketones is 1. The van der Waals surface area contributed by atoms with E-state index in [1.165, 1.54) is 18.3 Å². The standard InChI is InChI=1S/C24H19NO7/c1-29-17-7-3-2-6-16(17)21-20(22(26)14-8-9-18-19(11-14)32-13-31-18)23(27)24(28)25(21)12-15-5-4-10-30-15/h2-11,21,26H,12-13H2,1H3/b22-20+. The van der Waals surface area contributed by atoms with Gasteiger partial charge >= 0.3 is 0 Å². The van der Waals surface area contributed by atoms with E-state index in [0.717, 1.165) is 0 Å². The number of hydrogen-bond donors (Lipinski definition) is 1. The molecule has 8 heteroatoms. The van der Waals surface area contributed by atoms with Gasteiger partial charge in [-0.15, -0.1) is 0 Å². The molecule has 2 aliphatic rings. The van der Waals surface area contributed by atoms with Crippen LogP contribution in [0.3, 0.4) is 0 Å². The number of ether oxygens (including phenoxy) is 3. The molecule has 0 radical (unpaired) electrons. The van der Waals surface area contributed by atoms with Gasteiger partial charge in [0.15, 0.2) is 11.5 Å². The fraction of sp³-hybridized carbons (Fsp3) is 0.167.